The molecule has 0 saturated heterocycles. The number of hydrogen-bond donors (Lipinski definition) is 4. The van der Waals surface area contributed by atoms with E-state index in [1.54, 1.807) is 0 Å². The minimum absolute atomic E-state index is 0.0340. The Morgan fingerprint density at radius 1 is 1.00 bits per heavy atom. The molecule has 1 heterocycles. The molecule has 11 nitrogen and oxygen atoms in total. The van der Waals surface area contributed by atoms with E-state index in [0.29, 0.717) is 0 Å². The van der Waals surface area contributed by atoms with Crippen LogP contribution in [-0.4, -0.2) is 60.3 Å². The summed E-state index contributed by atoms with van der Waals surface area (Å²) in [5.41, 5.74) is 0.0340. The molecule has 2 atom stereocenters. The highest BCUT2D eigenvalue weighted by molar-refractivity contribution is 8.00. The molecule has 1 rings (SSSR count). The quantitative estimate of drug-likeness (QED) is 0.377. The van der Waals surface area contributed by atoms with Gasteiger partial charge in [-0.1, -0.05) is 11.8 Å². The lowest BCUT2D eigenvalue weighted by Crippen LogP contribution is -2.43. The second-order valence-electron chi connectivity index (χ2n) is 5.30. The predicted octanol–water partition coefficient (Wildman–Crippen LogP) is 0.0187. The predicted molar refractivity (Wildman–Crippen MR) is 99.6 cm³/mol. The van der Waals surface area contributed by atoms with Crippen molar-refractivity contribution in [1.82, 2.24) is 26.3 Å². The van der Waals surface area contributed by atoms with Crippen molar-refractivity contribution in [3.8, 4) is 0 Å². The molecule has 1 aromatic rings. The Bertz CT molecular complexity index is 772. The Morgan fingerprint density at radius 3 is 2.14 bits per heavy atom. The lowest BCUT2D eigenvalue weighted by molar-refractivity contribution is -0.128. The summed E-state index contributed by atoms with van der Waals surface area (Å²) in [5.74, 6) is -2.23. The second-order valence-corrected chi connectivity index (χ2v) is 6.63. The Morgan fingerprint density at radius 2 is 1.57 bits per heavy atom. The van der Waals surface area contributed by atoms with Crippen LogP contribution >= 0.6 is 11.8 Å². The number of nitrogens with one attached hydrogen (secondary N) is 4. The molecule has 0 radical (unpaired) electrons. The van der Waals surface area contributed by atoms with E-state index in [1.165, 1.54) is 46.3 Å². The maximum Gasteiger partial charge on any atom is 0.341 e. The number of thioether (sulfide) groups is 1. The number of carbonyl (C=O) groups is 5. The number of esters is 1. The number of nitrogens with zero attached hydrogens (tertiary/aromatic N) is 1. The van der Waals surface area contributed by atoms with Gasteiger partial charge in [0, 0.05) is 20.3 Å². The van der Waals surface area contributed by atoms with Gasteiger partial charge in [-0.25, -0.2) is 19.4 Å². The van der Waals surface area contributed by atoms with Gasteiger partial charge in [0.2, 0.25) is 5.91 Å². The average molecular weight is 411 g/mol. The molecule has 0 fully saturated rings. The molecule has 0 aliphatic heterocycles. The summed E-state index contributed by atoms with van der Waals surface area (Å²) >= 11 is 0.940. The molecule has 1 aromatic heterocycles. The molecule has 0 unspecified atom stereocenters. The van der Waals surface area contributed by atoms with Crippen LogP contribution in [0.25, 0.3) is 0 Å². The molecule has 152 valence electrons. The van der Waals surface area contributed by atoms with E-state index in [9.17, 15) is 24.0 Å². The zero-order valence-corrected chi connectivity index (χ0v) is 16.5. The molecular weight excluding hydrogens is 390 g/mol. The summed E-state index contributed by atoms with van der Waals surface area (Å²) in [6, 6.07) is 1.52. The van der Waals surface area contributed by atoms with Crippen molar-refractivity contribution in [2.45, 2.75) is 30.2 Å². The highest BCUT2D eigenvalue weighted by Gasteiger charge is 2.25. The van der Waals surface area contributed by atoms with E-state index in [1.807, 2.05) is 5.32 Å². The van der Waals surface area contributed by atoms with Crippen molar-refractivity contribution < 1.29 is 28.7 Å². The maximum absolute atomic E-state index is 12.4. The Hall–Kier alpha value is -3.15. The fourth-order valence-corrected chi connectivity index (χ4v) is 2.59. The first-order valence-corrected chi connectivity index (χ1v) is 8.95. The van der Waals surface area contributed by atoms with Gasteiger partial charge >= 0.3 is 18.0 Å². The summed E-state index contributed by atoms with van der Waals surface area (Å²) in [5, 5.41) is 8.02. The molecule has 0 spiro atoms. The molecule has 28 heavy (non-hydrogen) atoms. The first-order valence-electron chi connectivity index (χ1n) is 8.07. The molecule has 12 heteroatoms. The average Bonchev–Trinajstić information content (AvgIpc) is 2.67. The van der Waals surface area contributed by atoms with E-state index in [0.717, 1.165) is 11.8 Å². The van der Waals surface area contributed by atoms with Gasteiger partial charge in [0.15, 0.2) is 6.10 Å². The van der Waals surface area contributed by atoms with Gasteiger partial charge in [0.25, 0.3) is 5.91 Å². The van der Waals surface area contributed by atoms with Crippen LogP contribution in [-0.2, 0) is 14.3 Å². The van der Waals surface area contributed by atoms with Crippen LogP contribution in [0.15, 0.2) is 23.4 Å². The van der Waals surface area contributed by atoms with Crippen molar-refractivity contribution in [3.05, 3.63) is 23.9 Å². The number of amides is 6. The SMILES string of the molecule is CNC(=O)NC(=O)[C@H](C)OC(=O)c1cccnc1S[C@H](C)C(=O)NC(=O)NC. The third kappa shape index (κ3) is 6.87. The zero-order chi connectivity index (χ0) is 21.3. The van der Waals surface area contributed by atoms with Gasteiger partial charge in [-0.15, -0.1) is 0 Å². The molecular formula is C16H21N5O6S. The summed E-state index contributed by atoms with van der Waals surface area (Å²) in [7, 11) is 2.70. The van der Waals surface area contributed by atoms with Crippen molar-refractivity contribution in [3.63, 3.8) is 0 Å². The number of carbonyl (C=O) groups excluding carboxylic acids is 5. The molecule has 6 amide bonds. The minimum atomic E-state index is -1.24. The summed E-state index contributed by atoms with van der Waals surface area (Å²) in [6.45, 7) is 2.84. The molecule has 0 bridgehead atoms. The van der Waals surface area contributed by atoms with Crippen molar-refractivity contribution in [2.24, 2.45) is 0 Å². The number of ether oxygens (including phenoxy) is 1. The van der Waals surface area contributed by atoms with Crippen molar-refractivity contribution >= 4 is 41.6 Å². The molecule has 0 aliphatic rings. The second kappa shape index (κ2) is 10.9. The normalized spacial score (nSPS) is 12.1. The smallest absolute Gasteiger partial charge is 0.341 e. The third-order valence-electron chi connectivity index (χ3n) is 3.23. The number of imide groups is 2. The lowest BCUT2D eigenvalue weighted by atomic mass is 10.3. The zero-order valence-electron chi connectivity index (χ0n) is 15.7. The number of aromatic nitrogens is 1. The van der Waals surface area contributed by atoms with Crippen LogP contribution < -0.4 is 21.3 Å². The minimum Gasteiger partial charge on any atom is -0.449 e. The van der Waals surface area contributed by atoms with Crippen molar-refractivity contribution in [2.75, 3.05) is 14.1 Å². The summed E-state index contributed by atoms with van der Waals surface area (Å²) in [6.07, 6.45) is 0.182. The monoisotopic (exact) mass is 411 g/mol. The van der Waals surface area contributed by atoms with Gasteiger partial charge in [-0.2, -0.15) is 0 Å². The lowest BCUT2D eigenvalue weighted by Gasteiger charge is -2.15. The van der Waals surface area contributed by atoms with Crippen LogP contribution in [0.2, 0.25) is 0 Å². The van der Waals surface area contributed by atoms with Crippen LogP contribution in [0.4, 0.5) is 9.59 Å². The van der Waals surface area contributed by atoms with Gasteiger partial charge in [0.1, 0.15) is 5.03 Å². The standard InChI is InChI=1S/C16H21N5O6S/c1-8(11(22)20-15(25)17-3)27-14(24)10-6-5-7-19-13(10)28-9(2)12(23)21-16(26)18-4/h5-9H,1-4H3,(H2,17,20,22,25)(H2,18,21,23,26)/t8-,9+/m0/s1. The van der Waals surface area contributed by atoms with E-state index in [4.69, 9.17) is 4.74 Å². The van der Waals surface area contributed by atoms with E-state index < -0.39 is 41.2 Å². The van der Waals surface area contributed by atoms with E-state index in [-0.39, 0.29) is 10.6 Å². The summed E-state index contributed by atoms with van der Waals surface area (Å²) in [4.78, 5) is 62.6. The van der Waals surface area contributed by atoms with Crippen LogP contribution in [0.5, 0.6) is 0 Å². The number of pyridine rings is 1. The molecule has 0 aromatic carbocycles. The first-order chi connectivity index (χ1) is 13.2. The Labute approximate surface area is 165 Å². The largest absolute Gasteiger partial charge is 0.449 e. The van der Waals surface area contributed by atoms with Crippen LogP contribution in [0.3, 0.4) is 0 Å². The fourth-order valence-electron chi connectivity index (χ4n) is 1.69. The number of rotatable bonds is 6. The highest BCUT2D eigenvalue weighted by atomic mass is 32.2. The molecule has 4 N–H and O–H groups in total. The first kappa shape index (κ1) is 22.9. The molecule has 0 aliphatic carbocycles. The summed E-state index contributed by atoms with van der Waals surface area (Å²) < 4.78 is 5.06. The van der Waals surface area contributed by atoms with Gasteiger partial charge in [0.05, 0.1) is 10.8 Å². The van der Waals surface area contributed by atoms with Crippen LogP contribution in [0, 0.1) is 0 Å². The van der Waals surface area contributed by atoms with Crippen molar-refractivity contribution in [1.29, 1.82) is 0 Å². The van der Waals surface area contributed by atoms with Gasteiger partial charge in [-0.05, 0) is 26.0 Å². The van der Waals surface area contributed by atoms with Gasteiger partial charge < -0.3 is 15.4 Å². The number of urea groups is 2. The molecule has 0 saturated carbocycles. The van der Waals surface area contributed by atoms with E-state index >= 15 is 0 Å². The topological polar surface area (TPSA) is 156 Å². The third-order valence-corrected chi connectivity index (χ3v) is 4.35. The Balaban J connectivity index is 2.83. The maximum atomic E-state index is 12.4. The highest BCUT2D eigenvalue weighted by Crippen LogP contribution is 2.25. The number of hydrogen-bond acceptors (Lipinski definition) is 8. The Kier molecular flexibility index (Phi) is 8.88. The van der Waals surface area contributed by atoms with E-state index in [2.05, 4.69) is 20.9 Å². The van der Waals surface area contributed by atoms with Gasteiger partial charge in [-0.3, -0.25) is 20.2 Å². The van der Waals surface area contributed by atoms with Crippen LogP contribution in [0.1, 0.15) is 24.2 Å². The fraction of sp³-hybridized carbons (Fsp3) is 0.375.